The molecule has 0 atom stereocenters. The van der Waals surface area contributed by atoms with E-state index in [1.807, 2.05) is 37.3 Å². The lowest BCUT2D eigenvalue weighted by Crippen LogP contribution is -2.23. The minimum Gasteiger partial charge on any atom is -0.347 e. The summed E-state index contributed by atoms with van der Waals surface area (Å²) in [4.78, 5) is 24.6. The first kappa shape index (κ1) is 16.2. The number of hydrogen-bond acceptors (Lipinski definition) is 4. The van der Waals surface area contributed by atoms with Crippen molar-refractivity contribution in [3.63, 3.8) is 0 Å². The van der Waals surface area contributed by atoms with E-state index in [4.69, 9.17) is 5.21 Å². The van der Waals surface area contributed by atoms with E-state index in [0.29, 0.717) is 17.0 Å². The van der Waals surface area contributed by atoms with Crippen molar-refractivity contribution in [1.82, 2.24) is 10.8 Å². The van der Waals surface area contributed by atoms with E-state index < -0.39 is 5.91 Å². The molecule has 0 aliphatic heterocycles. The maximum absolute atomic E-state index is 12.5. The molecular formula is C18H16N2O3S. The first-order valence-corrected chi connectivity index (χ1v) is 8.21. The van der Waals surface area contributed by atoms with Crippen LogP contribution in [0.25, 0.3) is 10.1 Å². The maximum atomic E-state index is 12.5. The van der Waals surface area contributed by atoms with Gasteiger partial charge < -0.3 is 5.32 Å². The average molecular weight is 340 g/mol. The van der Waals surface area contributed by atoms with Crippen LogP contribution in [0.3, 0.4) is 0 Å². The number of fused-ring (bicyclic) bond motifs is 1. The fourth-order valence-electron chi connectivity index (χ4n) is 2.54. The molecule has 3 aromatic rings. The third-order valence-electron chi connectivity index (χ3n) is 3.79. The summed E-state index contributed by atoms with van der Waals surface area (Å²) in [6.45, 7) is 2.25. The number of nitrogens with one attached hydrogen (secondary N) is 2. The first-order chi connectivity index (χ1) is 11.6. The third-order valence-corrected chi connectivity index (χ3v) is 5.07. The SMILES string of the molecule is Cc1c(C(=O)NCc2cccc(C(=O)NO)c2)sc2ccccc12. The molecule has 0 spiro atoms. The number of carbonyl (C=O) groups is 2. The van der Waals surface area contributed by atoms with Gasteiger partial charge in [0, 0.05) is 16.8 Å². The quantitative estimate of drug-likeness (QED) is 0.504. The van der Waals surface area contributed by atoms with Crippen molar-refractivity contribution < 1.29 is 14.8 Å². The van der Waals surface area contributed by atoms with Crippen LogP contribution in [0.15, 0.2) is 48.5 Å². The molecule has 0 bridgehead atoms. The molecular weight excluding hydrogens is 324 g/mol. The Bertz CT molecular complexity index is 918. The highest BCUT2D eigenvalue weighted by atomic mass is 32.1. The highest BCUT2D eigenvalue weighted by molar-refractivity contribution is 7.21. The summed E-state index contributed by atoms with van der Waals surface area (Å²) < 4.78 is 1.08. The molecule has 2 aromatic carbocycles. The topological polar surface area (TPSA) is 78.4 Å². The summed E-state index contributed by atoms with van der Waals surface area (Å²) in [7, 11) is 0. The lowest BCUT2D eigenvalue weighted by molar-refractivity contribution is 0.0706. The van der Waals surface area contributed by atoms with Crippen LogP contribution < -0.4 is 10.8 Å². The molecule has 24 heavy (non-hydrogen) atoms. The van der Waals surface area contributed by atoms with E-state index >= 15 is 0 Å². The molecule has 1 aromatic heterocycles. The second-order valence-electron chi connectivity index (χ2n) is 5.38. The smallest absolute Gasteiger partial charge is 0.274 e. The Morgan fingerprint density at radius 2 is 1.88 bits per heavy atom. The summed E-state index contributed by atoms with van der Waals surface area (Å²) in [5.74, 6) is -0.714. The Hall–Kier alpha value is -2.70. The number of rotatable bonds is 4. The van der Waals surface area contributed by atoms with Crippen molar-refractivity contribution in [1.29, 1.82) is 0 Å². The van der Waals surface area contributed by atoms with Crippen LogP contribution in [-0.4, -0.2) is 17.0 Å². The molecule has 6 heteroatoms. The second kappa shape index (κ2) is 6.82. The molecule has 0 unspecified atom stereocenters. The first-order valence-electron chi connectivity index (χ1n) is 7.40. The van der Waals surface area contributed by atoms with Crippen LogP contribution in [0.2, 0.25) is 0 Å². The minimum atomic E-state index is -0.580. The van der Waals surface area contributed by atoms with E-state index in [-0.39, 0.29) is 5.91 Å². The second-order valence-corrected chi connectivity index (χ2v) is 6.43. The summed E-state index contributed by atoms with van der Waals surface area (Å²) in [5, 5.41) is 12.6. The van der Waals surface area contributed by atoms with E-state index in [1.54, 1.807) is 23.7 Å². The van der Waals surface area contributed by atoms with Crippen molar-refractivity contribution in [3.8, 4) is 0 Å². The van der Waals surface area contributed by atoms with Gasteiger partial charge in [-0.15, -0.1) is 11.3 Å². The fourth-order valence-corrected chi connectivity index (χ4v) is 3.67. The molecule has 0 fully saturated rings. The van der Waals surface area contributed by atoms with Crippen LogP contribution in [0.4, 0.5) is 0 Å². The molecule has 1 heterocycles. The Balaban J connectivity index is 1.75. The van der Waals surface area contributed by atoms with Crippen molar-refractivity contribution in [2.24, 2.45) is 0 Å². The Labute approximate surface area is 142 Å². The summed E-state index contributed by atoms with van der Waals surface area (Å²) in [5.41, 5.74) is 3.69. The number of hydroxylamine groups is 1. The van der Waals surface area contributed by atoms with E-state index in [9.17, 15) is 9.59 Å². The monoisotopic (exact) mass is 340 g/mol. The predicted octanol–water partition coefficient (Wildman–Crippen LogP) is 3.26. The average Bonchev–Trinajstić information content (AvgIpc) is 2.96. The summed E-state index contributed by atoms with van der Waals surface area (Å²) in [6, 6.07) is 14.7. The maximum Gasteiger partial charge on any atom is 0.274 e. The number of benzene rings is 2. The van der Waals surface area contributed by atoms with Gasteiger partial charge in [-0.1, -0.05) is 30.3 Å². The lowest BCUT2D eigenvalue weighted by Gasteiger charge is -2.06. The van der Waals surface area contributed by atoms with Gasteiger partial charge in [-0.2, -0.15) is 0 Å². The van der Waals surface area contributed by atoms with Gasteiger partial charge in [0.2, 0.25) is 0 Å². The van der Waals surface area contributed by atoms with Crippen LogP contribution in [-0.2, 0) is 6.54 Å². The van der Waals surface area contributed by atoms with Crippen molar-refractivity contribution in [2.45, 2.75) is 13.5 Å². The fraction of sp³-hybridized carbons (Fsp3) is 0.111. The van der Waals surface area contributed by atoms with Gasteiger partial charge in [-0.05, 0) is 41.6 Å². The number of thiophene rings is 1. The van der Waals surface area contributed by atoms with Gasteiger partial charge in [0.15, 0.2) is 0 Å². The zero-order valence-electron chi connectivity index (χ0n) is 13.0. The number of carbonyl (C=O) groups excluding carboxylic acids is 2. The van der Waals surface area contributed by atoms with Gasteiger partial charge in [-0.3, -0.25) is 14.8 Å². The third kappa shape index (κ3) is 3.15. The standard InChI is InChI=1S/C18H16N2O3S/c1-11-14-7-2-3-8-15(14)24-16(11)18(22)19-10-12-5-4-6-13(9-12)17(21)20-23/h2-9,23H,10H2,1H3,(H,19,22)(H,20,21). The van der Waals surface area contributed by atoms with Gasteiger partial charge in [-0.25, -0.2) is 5.48 Å². The van der Waals surface area contributed by atoms with Crippen LogP contribution in [0, 0.1) is 6.92 Å². The molecule has 122 valence electrons. The molecule has 5 nitrogen and oxygen atoms in total. The molecule has 3 rings (SSSR count). The number of aryl methyl sites for hydroxylation is 1. The van der Waals surface area contributed by atoms with Gasteiger partial charge in [0.05, 0.1) is 4.88 Å². The lowest BCUT2D eigenvalue weighted by atomic mass is 10.1. The van der Waals surface area contributed by atoms with E-state index in [0.717, 1.165) is 21.2 Å². The van der Waals surface area contributed by atoms with E-state index in [2.05, 4.69) is 5.32 Å². The number of amides is 2. The molecule has 0 saturated heterocycles. The highest BCUT2D eigenvalue weighted by Crippen LogP contribution is 2.30. The molecule has 0 saturated carbocycles. The van der Waals surface area contributed by atoms with Crippen molar-refractivity contribution >= 4 is 33.2 Å². The van der Waals surface area contributed by atoms with Gasteiger partial charge in [0.25, 0.3) is 11.8 Å². The molecule has 0 radical (unpaired) electrons. The molecule has 3 N–H and O–H groups in total. The zero-order valence-corrected chi connectivity index (χ0v) is 13.8. The van der Waals surface area contributed by atoms with Gasteiger partial charge in [0.1, 0.15) is 0 Å². The van der Waals surface area contributed by atoms with Gasteiger partial charge >= 0.3 is 0 Å². The molecule has 0 aliphatic rings. The molecule has 0 aliphatic carbocycles. The Morgan fingerprint density at radius 3 is 2.62 bits per heavy atom. The zero-order chi connectivity index (χ0) is 17.1. The van der Waals surface area contributed by atoms with Crippen molar-refractivity contribution in [2.75, 3.05) is 0 Å². The normalized spacial score (nSPS) is 10.6. The largest absolute Gasteiger partial charge is 0.347 e. The summed E-state index contributed by atoms with van der Waals surface area (Å²) >= 11 is 1.47. The van der Waals surface area contributed by atoms with Crippen LogP contribution in [0.1, 0.15) is 31.2 Å². The Morgan fingerprint density at radius 1 is 1.08 bits per heavy atom. The minimum absolute atomic E-state index is 0.134. The summed E-state index contributed by atoms with van der Waals surface area (Å²) in [6.07, 6.45) is 0. The number of hydrogen-bond donors (Lipinski definition) is 3. The van der Waals surface area contributed by atoms with Crippen molar-refractivity contribution in [3.05, 3.63) is 70.1 Å². The Kier molecular flexibility index (Phi) is 4.59. The van der Waals surface area contributed by atoms with Crippen LogP contribution in [0.5, 0.6) is 0 Å². The highest BCUT2D eigenvalue weighted by Gasteiger charge is 2.15. The predicted molar refractivity (Wildman–Crippen MR) is 93.4 cm³/mol. The van der Waals surface area contributed by atoms with E-state index in [1.165, 1.54) is 11.3 Å². The molecule has 2 amide bonds. The van der Waals surface area contributed by atoms with Crippen LogP contribution >= 0.6 is 11.3 Å².